The van der Waals surface area contributed by atoms with Crippen LogP contribution in [0.25, 0.3) is 0 Å². The molecule has 0 aromatic rings. The van der Waals surface area contributed by atoms with Crippen LogP contribution in [0.5, 0.6) is 0 Å². The lowest BCUT2D eigenvalue weighted by Gasteiger charge is -2.40. The minimum atomic E-state index is -0.250. The number of carbonyl (C=O) groups excluding carboxylic acids is 1. The van der Waals surface area contributed by atoms with Gasteiger partial charge in [-0.05, 0) is 6.42 Å². The second-order valence-electron chi connectivity index (χ2n) is 4.68. The van der Waals surface area contributed by atoms with Crippen LogP contribution in [0.15, 0.2) is 4.99 Å². The summed E-state index contributed by atoms with van der Waals surface area (Å²) < 4.78 is 11.5. The zero-order valence-electron chi connectivity index (χ0n) is 11.2. The Hall–Kier alpha value is -0.750. The van der Waals surface area contributed by atoms with Crippen molar-refractivity contribution in [2.24, 2.45) is 10.9 Å². The molecular formula is C12H20N2O3S. The van der Waals surface area contributed by atoms with E-state index in [0.717, 1.165) is 11.6 Å². The van der Waals surface area contributed by atoms with E-state index in [9.17, 15) is 4.79 Å². The normalized spacial score (nSPS) is 38.9. The Morgan fingerprint density at radius 3 is 2.89 bits per heavy atom. The molecule has 1 N–H and O–H groups in total. The van der Waals surface area contributed by atoms with Crippen molar-refractivity contribution in [1.82, 2.24) is 5.32 Å². The monoisotopic (exact) mass is 272 g/mol. The third-order valence-electron chi connectivity index (χ3n) is 3.44. The minimum absolute atomic E-state index is 0.0436. The molecule has 102 valence electrons. The smallest absolute Gasteiger partial charge is 0.302 e. The summed E-state index contributed by atoms with van der Waals surface area (Å²) in [5.74, 6) is -0.0823. The van der Waals surface area contributed by atoms with Gasteiger partial charge in [0.25, 0.3) is 0 Å². The first-order chi connectivity index (χ1) is 8.56. The van der Waals surface area contributed by atoms with E-state index in [1.54, 1.807) is 11.8 Å². The van der Waals surface area contributed by atoms with Gasteiger partial charge in [-0.15, -0.1) is 0 Å². The first-order valence-corrected chi connectivity index (χ1v) is 7.19. The van der Waals surface area contributed by atoms with Crippen LogP contribution in [0.1, 0.15) is 27.2 Å². The Morgan fingerprint density at radius 2 is 2.33 bits per heavy atom. The second kappa shape index (κ2) is 5.48. The Kier molecular flexibility index (Phi) is 4.17. The van der Waals surface area contributed by atoms with E-state index >= 15 is 0 Å². The van der Waals surface area contributed by atoms with E-state index in [0.29, 0.717) is 0 Å². The van der Waals surface area contributed by atoms with Crippen molar-refractivity contribution in [3.8, 4) is 0 Å². The number of ether oxygens (including phenoxy) is 2. The lowest BCUT2D eigenvalue weighted by atomic mass is 9.88. The van der Waals surface area contributed by atoms with Gasteiger partial charge in [-0.3, -0.25) is 9.79 Å². The fraction of sp³-hybridized carbons (Fsp3) is 0.833. The summed E-state index contributed by atoms with van der Waals surface area (Å²) in [6.07, 6.45) is 0.844. The average Bonchev–Trinajstić information content (AvgIpc) is 2.75. The highest BCUT2D eigenvalue weighted by atomic mass is 32.2. The molecule has 0 amide bonds. The van der Waals surface area contributed by atoms with Gasteiger partial charge in [0.1, 0.15) is 17.6 Å². The topological polar surface area (TPSA) is 59.9 Å². The molecule has 0 bridgehead atoms. The van der Waals surface area contributed by atoms with Crippen LogP contribution in [0, 0.1) is 5.92 Å². The van der Waals surface area contributed by atoms with Gasteiger partial charge < -0.3 is 14.8 Å². The van der Waals surface area contributed by atoms with Crippen LogP contribution in [-0.2, 0) is 14.3 Å². The second-order valence-corrected chi connectivity index (χ2v) is 5.76. The highest BCUT2D eigenvalue weighted by molar-refractivity contribution is 8.14. The van der Waals surface area contributed by atoms with E-state index in [1.807, 2.05) is 7.05 Å². The van der Waals surface area contributed by atoms with Gasteiger partial charge >= 0.3 is 5.97 Å². The van der Waals surface area contributed by atoms with E-state index in [2.05, 4.69) is 24.2 Å². The number of fused-ring (bicyclic) bond motifs is 1. The van der Waals surface area contributed by atoms with Gasteiger partial charge in [0, 0.05) is 19.9 Å². The van der Waals surface area contributed by atoms with Crippen molar-refractivity contribution < 1.29 is 14.3 Å². The lowest BCUT2D eigenvalue weighted by Crippen LogP contribution is -2.51. The molecule has 2 heterocycles. The molecule has 2 aliphatic rings. The molecule has 0 radical (unpaired) electrons. The van der Waals surface area contributed by atoms with Gasteiger partial charge in [-0.2, -0.15) is 0 Å². The first kappa shape index (κ1) is 13.7. The first-order valence-electron chi connectivity index (χ1n) is 6.31. The maximum atomic E-state index is 11.3. The lowest BCUT2D eigenvalue weighted by molar-refractivity contribution is -0.166. The van der Waals surface area contributed by atoms with Crippen LogP contribution in [0.3, 0.4) is 0 Å². The predicted octanol–water partition coefficient (Wildman–Crippen LogP) is 1.38. The molecule has 18 heavy (non-hydrogen) atoms. The minimum Gasteiger partial charge on any atom is -0.460 e. The number of esters is 1. The summed E-state index contributed by atoms with van der Waals surface area (Å²) in [7, 11) is 1.84. The van der Waals surface area contributed by atoms with E-state index < -0.39 is 0 Å². The summed E-state index contributed by atoms with van der Waals surface area (Å²) >= 11 is 1.57. The zero-order valence-corrected chi connectivity index (χ0v) is 12.0. The Bertz CT molecular complexity index is 361. The number of carbonyl (C=O) groups is 1. The van der Waals surface area contributed by atoms with Crippen molar-refractivity contribution in [1.29, 1.82) is 0 Å². The molecule has 0 aromatic heterocycles. The highest BCUT2D eigenvalue weighted by Crippen LogP contribution is 2.40. The molecule has 0 unspecified atom stereocenters. The summed E-state index contributed by atoms with van der Waals surface area (Å²) in [5.41, 5.74) is -0.0436. The molecule has 6 heteroatoms. The van der Waals surface area contributed by atoms with Gasteiger partial charge in [-0.1, -0.05) is 25.6 Å². The van der Waals surface area contributed by atoms with E-state index in [-0.39, 0.29) is 35.6 Å². The number of aliphatic imine (C=N–C) groups is 1. The standard InChI is InChI=1S/C12H20N2O3S/c1-5-8-6(2)10(16-7(3)15)9-11(17-8)18-12(13-4)14-9/h6,8-11H,5H2,1-4H3,(H,13,14)/t6-,8-,9-,10+,11-/m1/s1. The molecule has 2 aliphatic heterocycles. The quantitative estimate of drug-likeness (QED) is 0.770. The summed E-state index contributed by atoms with van der Waals surface area (Å²) in [5, 5.41) is 3.89. The van der Waals surface area contributed by atoms with Gasteiger partial charge in [0.15, 0.2) is 5.17 Å². The number of nitrogens with zero attached hydrogens (tertiary/aromatic N) is 1. The Morgan fingerprint density at radius 1 is 1.61 bits per heavy atom. The van der Waals surface area contributed by atoms with Crippen molar-refractivity contribution in [2.45, 2.75) is 50.9 Å². The predicted molar refractivity (Wildman–Crippen MR) is 71.5 cm³/mol. The van der Waals surface area contributed by atoms with Crippen molar-refractivity contribution >= 4 is 22.9 Å². The van der Waals surface area contributed by atoms with Crippen LogP contribution in [0.2, 0.25) is 0 Å². The molecular weight excluding hydrogens is 252 g/mol. The number of nitrogens with one attached hydrogen (secondary N) is 1. The van der Waals surface area contributed by atoms with E-state index in [4.69, 9.17) is 9.47 Å². The zero-order chi connectivity index (χ0) is 13.3. The summed E-state index contributed by atoms with van der Waals surface area (Å²) in [4.78, 5) is 15.8. The summed E-state index contributed by atoms with van der Waals surface area (Å²) in [6, 6.07) is -0.0980. The fourth-order valence-corrected chi connectivity index (χ4v) is 3.60. The van der Waals surface area contributed by atoms with Crippen molar-refractivity contribution in [2.75, 3.05) is 7.05 Å². The molecule has 2 rings (SSSR count). The van der Waals surface area contributed by atoms with Crippen molar-refractivity contribution in [3.63, 3.8) is 0 Å². The average molecular weight is 272 g/mol. The molecule has 0 saturated carbocycles. The maximum absolute atomic E-state index is 11.3. The number of amidine groups is 1. The molecule has 0 spiro atoms. The molecule has 0 aromatic carbocycles. The fourth-order valence-electron chi connectivity index (χ4n) is 2.52. The third-order valence-corrected chi connectivity index (χ3v) is 4.60. The number of hydrogen-bond donors (Lipinski definition) is 1. The van der Waals surface area contributed by atoms with Crippen LogP contribution in [0.4, 0.5) is 0 Å². The Labute approximate surface area is 112 Å². The molecule has 5 atom stereocenters. The Balaban J connectivity index is 2.20. The van der Waals surface area contributed by atoms with Crippen molar-refractivity contribution in [3.05, 3.63) is 0 Å². The van der Waals surface area contributed by atoms with Crippen LogP contribution < -0.4 is 5.32 Å². The third kappa shape index (κ3) is 2.49. The molecule has 1 fully saturated rings. The highest BCUT2D eigenvalue weighted by Gasteiger charge is 2.48. The SMILES string of the molecule is CC[C@H]1O[C@@H]2SC(NC)=N[C@@H]2[C@@H](OC(C)=O)[C@@H]1C. The summed E-state index contributed by atoms with van der Waals surface area (Å²) in [6.45, 7) is 5.60. The molecule has 5 nitrogen and oxygen atoms in total. The van der Waals surface area contributed by atoms with Crippen LogP contribution >= 0.6 is 11.8 Å². The van der Waals surface area contributed by atoms with Gasteiger partial charge in [-0.25, -0.2) is 0 Å². The van der Waals surface area contributed by atoms with E-state index in [1.165, 1.54) is 6.92 Å². The number of rotatable bonds is 2. The van der Waals surface area contributed by atoms with Crippen LogP contribution in [-0.4, -0.2) is 41.9 Å². The van der Waals surface area contributed by atoms with Gasteiger partial charge in [0.2, 0.25) is 0 Å². The molecule has 1 saturated heterocycles. The number of thioether (sulfide) groups is 1. The largest absolute Gasteiger partial charge is 0.460 e. The number of hydrogen-bond acceptors (Lipinski definition) is 6. The maximum Gasteiger partial charge on any atom is 0.302 e. The molecule has 0 aliphatic carbocycles. The van der Waals surface area contributed by atoms with Gasteiger partial charge in [0.05, 0.1) is 6.10 Å².